The van der Waals surface area contributed by atoms with E-state index in [0.29, 0.717) is 6.54 Å². The lowest BCUT2D eigenvalue weighted by Crippen LogP contribution is -2.45. The predicted molar refractivity (Wildman–Crippen MR) is 71.2 cm³/mol. The number of hydrogen-bond donors (Lipinski definition) is 1. The van der Waals surface area contributed by atoms with Gasteiger partial charge in [0, 0.05) is 37.9 Å². The Bertz CT molecular complexity index is 402. The number of morpholine rings is 1. The van der Waals surface area contributed by atoms with Crippen molar-refractivity contribution in [2.24, 2.45) is 5.73 Å². The van der Waals surface area contributed by atoms with Crippen molar-refractivity contribution < 1.29 is 4.74 Å². The number of rotatable bonds is 5. The molecule has 5 nitrogen and oxygen atoms in total. The Balaban J connectivity index is 1.97. The minimum atomic E-state index is 0.169. The van der Waals surface area contributed by atoms with Crippen molar-refractivity contribution in [1.29, 1.82) is 0 Å². The van der Waals surface area contributed by atoms with Gasteiger partial charge in [-0.25, -0.2) is 0 Å². The summed E-state index contributed by atoms with van der Waals surface area (Å²) in [6, 6.07) is 0. The number of aryl methyl sites for hydroxylation is 1. The van der Waals surface area contributed by atoms with Crippen LogP contribution in [0, 0.1) is 6.92 Å². The average Bonchev–Trinajstić information content (AvgIpc) is 2.70. The maximum atomic E-state index is 5.65. The van der Waals surface area contributed by atoms with E-state index in [0.717, 1.165) is 38.5 Å². The summed E-state index contributed by atoms with van der Waals surface area (Å²) in [4.78, 5) is 2.38. The molecule has 2 rings (SSSR count). The third-order valence-corrected chi connectivity index (χ3v) is 3.24. The molecule has 0 amide bonds. The third kappa shape index (κ3) is 3.19. The Morgan fingerprint density at radius 2 is 2.50 bits per heavy atom. The Labute approximate surface area is 108 Å². The lowest BCUT2D eigenvalue weighted by atomic mass is 10.2. The first-order valence-electron chi connectivity index (χ1n) is 6.40. The summed E-state index contributed by atoms with van der Waals surface area (Å²) in [6.45, 7) is 10.7. The van der Waals surface area contributed by atoms with E-state index in [1.54, 1.807) is 0 Å². The molecule has 1 aromatic heterocycles. The maximum absolute atomic E-state index is 5.65. The molecule has 0 spiro atoms. The number of ether oxygens (including phenoxy) is 1. The molecule has 2 heterocycles. The smallest absolute Gasteiger partial charge is 0.0824 e. The predicted octanol–water partition coefficient (Wildman–Crippen LogP) is 0.537. The maximum Gasteiger partial charge on any atom is 0.0824 e. The minimum Gasteiger partial charge on any atom is -0.374 e. The zero-order chi connectivity index (χ0) is 13.0. The molecule has 0 bridgehead atoms. The van der Waals surface area contributed by atoms with E-state index in [9.17, 15) is 0 Å². The Morgan fingerprint density at radius 1 is 1.67 bits per heavy atom. The second-order valence-electron chi connectivity index (χ2n) is 4.71. The van der Waals surface area contributed by atoms with E-state index in [-0.39, 0.29) is 6.10 Å². The van der Waals surface area contributed by atoms with Gasteiger partial charge in [0.25, 0.3) is 0 Å². The third-order valence-electron chi connectivity index (χ3n) is 3.24. The lowest BCUT2D eigenvalue weighted by Gasteiger charge is -2.32. The van der Waals surface area contributed by atoms with Gasteiger partial charge in [-0.1, -0.05) is 6.08 Å². The zero-order valence-corrected chi connectivity index (χ0v) is 11.0. The van der Waals surface area contributed by atoms with E-state index >= 15 is 0 Å². The quantitative estimate of drug-likeness (QED) is 0.775. The fraction of sp³-hybridized carbons (Fsp3) is 0.615. The second kappa shape index (κ2) is 6.13. The van der Waals surface area contributed by atoms with Gasteiger partial charge in [-0.3, -0.25) is 9.58 Å². The van der Waals surface area contributed by atoms with Crippen LogP contribution in [0.4, 0.5) is 0 Å². The molecule has 1 saturated heterocycles. The first-order valence-corrected chi connectivity index (χ1v) is 6.40. The molecule has 2 N–H and O–H groups in total. The highest BCUT2D eigenvalue weighted by molar-refractivity contribution is 5.15. The molecule has 0 aromatic carbocycles. The van der Waals surface area contributed by atoms with Gasteiger partial charge in [0.15, 0.2) is 0 Å². The summed E-state index contributed by atoms with van der Waals surface area (Å²) in [5, 5.41) is 4.47. The number of aromatic nitrogens is 2. The lowest BCUT2D eigenvalue weighted by molar-refractivity contribution is -0.0261. The number of hydrogen-bond acceptors (Lipinski definition) is 4. The molecule has 1 aromatic rings. The van der Waals surface area contributed by atoms with Crippen molar-refractivity contribution in [3.05, 3.63) is 30.1 Å². The summed E-state index contributed by atoms with van der Waals surface area (Å²) in [5.74, 6) is 0. The van der Waals surface area contributed by atoms with Gasteiger partial charge in [0.2, 0.25) is 0 Å². The van der Waals surface area contributed by atoms with Crippen molar-refractivity contribution in [1.82, 2.24) is 14.7 Å². The summed E-state index contributed by atoms with van der Waals surface area (Å²) < 4.78 is 7.50. The van der Waals surface area contributed by atoms with Gasteiger partial charge in [0.1, 0.15) is 0 Å². The normalized spacial score (nSPS) is 21.1. The molecule has 0 saturated carbocycles. The molecule has 100 valence electrons. The fourth-order valence-electron chi connectivity index (χ4n) is 2.25. The van der Waals surface area contributed by atoms with Gasteiger partial charge in [0.05, 0.1) is 24.9 Å². The Morgan fingerprint density at radius 3 is 3.22 bits per heavy atom. The molecule has 0 aliphatic carbocycles. The van der Waals surface area contributed by atoms with Crippen LogP contribution in [0.25, 0.3) is 0 Å². The SMILES string of the molecule is C=CCn1cc(CN2CCO[C@H](CN)C2)c(C)n1. The molecule has 0 unspecified atom stereocenters. The number of nitrogens with zero attached hydrogens (tertiary/aromatic N) is 3. The van der Waals surface area contributed by atoms with Crippen molar-refractivity contribution >= 4 is 0 Å². The summed E-state index contributed by atoms with van der Waals surface area (Å²) in [7, 11) is 0. The molecule has 1 fully saturated rings. The van der Waals surface area contributed by atoms with Crippen molar-refractivity contribution in [2.75, 3.05) is 26.2 Å². The number of nitrogens with two attached hydrogens (primary N) is 1. The highest BCUT2D eigenvalue weighted by atomic mass is 16.5. The highest BCUT2D eigenvalue weighted by Gasteiger charge is 2.20. The van der Waals surface area contributed by atoms with Crippen LogP contribution in [-0.4, -0.2) is 47.0 Å². The van der Waals surface area contributed by atoms with E-state index < -0.39 is 0 Å². The molecule has 1 aliphatic rings. The molecular weight excluding hydrogens is 228 g/mol. The zero-order valence-electron chi connectivity index (χ0n) is 11.0. The molecule has 5 heteroatoms. The van der Waals surface area contributed by atoms with Gasteiger partial charge >= 0.3 is 0 Å². The van der Waals surface area contributed by atoms with Crippen LogP contribution in [0.1, 0.15) is 11.3 Å². The molecule has 18 heavy (non-hydrogen) atoms. The van der Waals surface area contributed by atoms with Crippen molar-refractivity contribution in [3.63, 3.8) is 0 Å². The topological polar surface area (TPSA) is 56.3 Å². The van der Waals surface area contributed by atoms with Crippen LogP contribution in [0.3, 0.4) is 0 Å². The molecular formula is C13H22N4O. The fourth-order valence-corrected chi connectivity index (χ4v) is 2.25. The van der Waals surface area contributed by atoms with Crippen molar-refractivity contribution in [2.45, 2.75) is 26.1 Å². The molecule has 1 atom stereocenters. The van der Waals surface area contributed by atoms with Crippen LogP contribution >= 0.6 is 0 Å². The highest BCUT2D eigenvalue weighted by Crippen LogP contribution is 2.12. The van der Waals surface area contributed by atoms with Crippen LogP contribution < -0.4 is 5.73 Å². The summed E-state index contributed by atoms with van der Waals surface area (Å²) >= 11 is 0. The summed E-state index contributed by atoms with van der Waals surface area (Å²) in [6.07, 6.45) is 4.13. The monoisotopic (exact) mass is 250 g/mol. The van der Waals surface area contributed by atoms with Crippen LogP contribution in [0.2, 0.25) is 0 Å². The van der Waals surface area contributed by atoms with Gasteiger partial charge in [-0.15, -0.1) is 6.58 Å². The van der Waals surface area contributed by atoms with Gasteiger partial charge < -0.3 is 10.5 Å². The van der Waals surface area contributed by atoms with E-state index in [4.69, 9.17) is 10.5 Å². The second-order valence-corrected chi connectivity index (χ2v) is 4.71. The van der Waals surface area contributed by atoms with Gasteiger partial charge in [-0.05, 0) is 6.92 Å². The van der Waals surface area contributed by atoms with Crippen LogP contribution in [0.15, 0.2) is 18.9 Å². The molecule has 0 radical (unpaired) electrons. The molecule has 1 aliphatic heterocycles. The van der Waals surface area contributed by atoms with Crippen LogP contribution in [-0.2, 0) is 17.8 Å². The Kier molecular flexibility index (Phi) is 4.52. The summed E-state index contributed by atoms with van der Waals surface area (Å²) in [5.41, 5.74) is 8.02. The van der Waals surface area contributed by atoms with E-state index in [2.05, 4.69) is 29.7 Å². The average molecular weight is 250 g/mol. The first kappa shape index (κ1) is 13.3. The number of allylic oxidation sites excluding steroid dienone is 1. The van der Waals surface area contributed by atoms with Crippen LogP contribution in [0.5, 0.6) is 0 Å². The largest absolute Gasteiger partial charge is 0.374 e. The first-order chi connectivity index (χ1) is 8.72. The van der Waals surface area contributed by atoms with Crippen molar-refractivity contribution in [3.8, 4) is 0 Å². The van der Waals surface area contributed by atoms with E-state index in [1.807, 2.05) is 10.8 Å². The standard InChI is InChI=1S/C13H22N4O/c1-3-4-17-9-12(11(2)15-17)8-16-5-6-18-13(7-14)10-16/h3,9,13H,1,4-8,10,14H2,2H3/t13-/m1/s1. The van der Waals surface area contributed by atoms with Gasteiger partial charge in [-0.2, -0.15) is 5.10 Å². The Hall–Kier alpha value is -1.17. The van der Waals surface area contributed by atoms with E-state index in [1.165, 1.54) is 5.56 Å². The minimum absolute atomic E-state index is 0.169.